The van der Waals surface area contributed by atoms with Crippen molar-refractivity contribution in [3.63, 3.8) is 0 Å². The fourth-order valence-corrected chi connectivity index (χ4v) is 3.24. The van der Waals surface area contributed by atoms with Crippen molar-refractivity contribution in [1.29, 1.82) is 0 Å². The highest BCUT2D eigenvalue weighted by molar-refractivity contribution is 6.30. The summed E-state index contributed by atoms with van der Waals surface area (Å²) < 4.78 is 6.98. The maximum Gasteiger partial charge on any atom is 0.316 e. The molecule has 0 bridgehead atoms. The summed E-state index contributed by atoms with van der Waals surface area (Å²) in [5, 5.41) is 11.9. The first-order valence-corrected chi connectivity index (χ1v) is 9.02. The SMILES string of the molecule is COc1cn(Cc2cccc(Cl)c2)c(Nc2cc3[nH]ncc3cc2C)nc1=O. The second-order valence-electron chi connectivity index (χ2n) is 6.45. The maximum absolute atomic E-state index is 12.2. The molecule has 0 aliphatic rings. The number of anilines is 2. The lowest BCUT2D eigenvalue weighted by atomic mass is 10.1. The van der Waals surface area contributed by atoms with Gasteiger partial charge in [-0.2, -0.15) is 10.1 Å². The largest absolute Gasteiger partial charge is 0.490 e. The summed E-state index contributed by atoms with van der Waals surface area (Å²) >= 11 is 6.11. The highest BCUT2D eigenvalue weighted by Gasteiger charge is 2.12. The molecule has 0 fully saturated rings. The van der Waals surface area contributed by atoms with Crippen LogP contribution in [0, 0.1) is 6.92 Å². The van der Waals surface area contributed by atoms with Crippen LogP contribution in [0.25, 0.3) is 10.9 Å². The van der Waals surface area contributed by atoms with Gasteiger partial charge in [-0.3, -0.25) is 9.89 Å². The minimum Gasteiger partial charge on any atom is -0.490 e. The van der Waals surface area contributed by atoms with Crippen LogP contribution in [-0.4, -0.2) is 26.9 Å². The lowest BCUT2D eigenvalue weighted by molar-refractivity contribution is 0.402. The van der Waals surface area contributed by atoms with Gasteiger partial charge in [0.15, 0.2) is 0 Å². The van der Waals surface area contributed by atoms with Crippen LogP contribution in [-0.2, 0) is 6.54 Å². The summed E-state index contributed by atoms with van der Waals surface area (Å²) in [5.41, 5.74) is 3.27. The molecule has 8 heteroatoms. The van der Waals surface area contributed by atoms with Crippen molar-refractivity contribution in [3.05, 3.63) is 75.3 Å². The van der Waals surface area contributed by atoms with Gasteiger partial charge < -0.3 is 14.6 Å². The van der Waals surface area contributed by atoms with Gasteiger partial charge in [0.25, 0.3) is 0 Å². The monoisotopic (exact) mass is 395 g/mol. The molecule has 0 radical (unpaired) electrons. The molecule has 2 aromatic heterocycles. The number of halogens is 1. The normalized spacial score (nSPS) is 11.0. The molecule has 4 rings (SSSR count). The fourth-order valence-electron chi connectivity index (χ4n) is 3.03. The molecule has 4 aromatic rings. The minimum absolute atomic E-state index is 0.174. The summed E-state index contributed by atoms with van der Waals surface area (Å²) in [6, 6.07) is 11.5. The van der Waals surface area contributed by atoms with Gasteiger partial charge in [0, 0.05) is 16.1 Å². The molecule has 142 valence electrons. The Balaban J connectivity index is 1.77. The molecule has 28 heavy (non-hydrogen) atoms. The Morgan fingerprint density at radius 1 is 1.29 bits per heavy atom. The molecule has 2 aromatic carbocycles. The van der Waals surface area contributed by atoms with Crippen LogP contribution in [0.15, 0.2) is 53.6 Å². The molecular weight excluding hydrogens is 378 g/mol. The first-order valence-electron chi connectivity index (χ1n) is 8.64. The zero-order chi connectivity index (χ0) is 19.7. The van der Waals surface area contributed by atoms with E-state index in [1.54, 1.807) is 12.4 Å². The third kappa shape index (κ3) is 3.57. The highest BCUT2D eigenvalue weighted by Crippen LogP contribution is 2.25. The zero-order valence-electron chi connectivity index (χ0n) is 15.4. The lowest BCUT2D eigenvalue weighted by Crippen LogP contribution is -2.19. The van der Waals surface area contributed by atoms with Gasteiger partial charge in [-0.05, 0) is 42.3 Å². The first kappa shape index (κ1) is 18.1. The third-order valence-electron chi connectivity index (χ3n) is 4.46. The molecule has 7 nitrogen and oxygen atoms in total. The topological polar surface area (TPSA) is 84.8 Å². The number of fused-ring (bicyclic) bond motifs is 1. The number of nitrogens with one attached hydrogen (secondary N) is 2. The van der Waals surface area contributed by atoms with Crippen molar-refractivity contribution in [1.82, 2.24) is 19.7 Å². The van der Waals surface area contributed by atoms with E-state index in [0.29, 0.717) is 17.5 Å². The number of aromatic nitrogens is 4. The quantitative estimate of drug-likeness (QED) is 0.535. The molecular formula is C20H18ClN5O2. The smallest absolute Gasteiger partial charge is 0.316 e. The second kappa shape index (κ2) is 7.36. The number of rotatable bonds is 5. The number of H-pyrrole nitrogens is 1. The summed E-state index contributed by atoms with van der Waals surface area (Å²) in [6.45, 7) is 2.45. The van der Waals surface area contributed by atoms with E-state index in [-0.39, 0.29) is 5.75 Å². The van der Waals surface area contributed by atoms with Gasteiger partial charge in [0.05, 0.1) is 31.6 Å². The van der Waals surface area contributed by atoms with Crippen molar-refractivity contribution in [3.8, 4) is 5.75 Å². The Hall–Kier alpha value is -3.32. The minimum atomic E-state index is -0.437. The Morgan fingerprint density at radius 2 is 2.14 bits per heavy atom. The van der Waals surface area contributed by atoms with E-state index < -0.39 is 5.56 Å². The molecule has 2 N–H and O–H groups in total. The molecule has 0 atom stereocenters. The van der Waals surface area contributed by atoms with Crippen molar-refractivity contribution < 1.29 is 4.74 Å². The van der Waals surface area contributed by atoms with Gasteiger partial charge in [0.1, 0.15) is 0 Å². The van der Waals surface area contributed by atoms with Crippen molar-refractivity contribution in [2.75, 3.05) is 12.4 Å². The molecule has 0 amide bonds. The van der Waals surface area contributed by atoms with Crippen LogP contribution in [0.5, 0.6) is 5.75 Å². The van der Waals surface area contributed by atoms with Crippen molar-refractivity contribution in [2.45, 2.75) is 13.5 Å². The predicted molar refractivity (Wildman–Crippen MR) is 110 cm³/mol. The fraction of sp³-hybridized carbons (Fsp3) is 0.150. The molecule has 0 saturated carbocycles. The van der Waals surface area contributed by atoms with E-state index >= 15 is 0 Å². The average Bonchev–Trinajstić information content (AvgIpc) is 3.11. The molecule has 2 heterocycles. The van der Waals surface area contributed by atoms with Gasteiger partial charge in [-0.1, -0.05) is 23.7 Å². The molecule has 0 aliphatic heterocycles. The number of aryl methyl sites for hydroxylation is 1. The number of methoxy groups -OCH3 is 1. The molecule has 0 aliphatic carbocycles. The van der Waals surface area contributed by atoms with E-state index in [1.165, 1.54) is 7.11 Å². The van der Waals surface area contributed by atoms with Crippen LogP contribution < -0.4 is 15.6 Å². The standard InChI is InChI=1S/C20H18ClN5O2/c1-12-6-14-9-22-25-17(14)8-16(12)23-20-24-19(27)18(28-2)11-26(20)10-13-4-3-5-15(21)7-13/h3-9,11H,10H2,1-2H3,(H,22,25)(H,23,24,27). The predicted octanol–water partition coefficient (Wildman–Crippen LogP) is 3.88. The van der Waals surface area contributed by atoms with Crippen LogP contribution in [0.2, 0.25) is 5.02 Å². The van der Waals surface area contributed by atoms with Crippen LogP contribution in [0.4, 0.5) is 11.6 Å². The van der Waals surface area contributed by atoms with E-state index in [9.17, 15) is 4.79 Å². The van der Waals surface area contributed by atoms with E-state index in [4.69, 9.17) is 16.3 Å². The van der Waals surface area contributed by atoms with Crippen molar-refractivity contribution in [2.24, 2.45) is 0 Å². The zero-order valence-corrected chi connectivity index (χ0v) is 16.1. The number of aromatic amines is 1. The van der Waals surface area contributed by atoms with Crippen LogP contribution >= 0.6 is 11.6 Å². The Bertz CT molecular complexity index is 1210. The van der Waals surface area contributed by atoms with Gasteiger partial charge in [0.2, 0.25) is 11.7 Å². The summed E-state index contributed by atoms with van der Waals surface area (Å²) in [6.07, 6.45) is 3.41. The number of benzene rings is 2. The molecule has 0 saturated heterocycles. The van der Waals surface area contributed by atoms with E-state index in [1.807, 2.05) is 47.9 Å². The van der Waals surface area contributed by atoms with Crippen LogP contribution in [0.1, 0.15) is 11.1 Å². The number of hydrogen-bond donors (Lipinski definition) is 2. The van der Waals surface area contributed by atoms with Crippen LogP contribution in [0.3, 0.4) is 0 Å². The molecule has 0 spiro atoms. The van der Waals surface area contributed by atoms with E-state index in [0.717, 1.165) is 27.7 Å². The number of nitrogens with zero attached hydrogens (tertiary/aromatic N) is 3. The van der Waals surface area contributed by atoms with Crippen molar-refractivity contribution >= 4 is 34.1 Å². The van der Waals surface area contributed by atoms with Gasteiger partial charge >= 0.3 is 5.56 Å². The summed E-state index contributed by atoms with van der Waals surface area (Å²) in [4.78, 5) is 16.4. The number of ether oxygens (including phenoxy) is 1. The Morgan fingerprint density at radius 3 is 2.93 bits per heavy atom. The molecule has 0 unspecified atom stereocenters. The second-order valence-corrected chi connectivity index (χ2v) is 6.88. The first-order chi connectivity index (χ1) is 13.5. The Labute approximate surface area is 165 Å². The summed E-state index contributed by atoms with van der Waals surface area (Å²) in [7, 11) is 1.45. The Kier molecular flexibility index (Phi) is 4.75. The maximum atomic E-state index is 12.2. The van der Waals surface area contributed by atoms with Gasteiger partial charge in [-0.15, -0.1) is 0 Å². The van der Waals surface area contributed by atoms with E-state index in [2.05, 4.69) is 20.5 Å². The third-order valence-corrected chi connectivity index (χ3v) is 4.69. The summed E-state index contributed by atoms with van der Waals surface area (Å²) in [5.74, 6) is 0.584. The average molecular weight is 396 g/mol. The number of hydrogen-bond acceptors (Lipinski definition) is 5. The highest BCUT2D eigenvalue weighted by atomic mass is 35.5. The lowest BCUT2D eigenvalue weighted by Gasteiger charge is -2.16. The van der Waals surface area contributed by atoms with Gasteiger partial charge in [-0.25, -0.2) is 0 Å².